The second-order valence-electron chi connectivity index (χ2n) is 3.78. The summed E-state index contributed by atoms with van der Waals surface area (Å²) in [5, 5.41) is 11.5. The minimum Gasteiger partial charge on any atom is -0.481 e. The van der Waals surface area contributed by atoms with E-state index in [0.717, 1.165) is 12.8 Å². The van der Waals surface area contributed by atoms with E-state index >= 15 is 0 Å². The number of carbonyl (C=O) groups excluding carboxylic acids is 1. The normalized spacial score (nSPS) is 28.4. The summed E-state index contributed by atoms with van der Waals surface area (Å²) >= 11 is 0. The van der Waals surface area contributed by atoms with E-state index in [9.17, 15) is 9.59 Å². The lowest BCUT2D eigenvalue weighted by Gasteiger charge is -2.18. The van der Waals surface area contributed by atoms with Gasteiger partial charge in [-0.25, -0.2) is 0 Å². The first-order valence-electron chi connectivity index (χ1n) is 4.81. The van der Waals surface area contributed by atoms with Crippen LogP contribution in [0.15, 0.2) is 0 Å². The van der Waals surface area contributed by atoms with Crippen molar-refractivity contribution in [3.05, 3.63) is 0 Å². The van der Waals surface area contributed by atoms with Gasteiger partial charge in [0.15, 0.2) is 0 Å². The van der Waals surface area contributed by atoms with Gasteiger partial charge >= 0.3 is 5.97 Å². The van der Waals surface area contributed by atoms with Gasteiger partial charge in [-0.05, 0) is 19.8 Å². The van der Waals surface area contributed by atoms with Crippen LogP contribution < -0.4 is 11.1 Å². The Hall–Kier alpha value is -1.10. The Balaban J connectivity index is 2.51. The first-order chi connectivity index (χ1) is 6.52. The van der Waals surface area contributed by atoms with Crippen LogP contribution >= 0.6 is 0 Å². The number of carbonyl (C=O) groups is 2. The van der Waals surface area contributed by atoms with E-state index in [1.54, 1.807) is 6.92 Å². The summed E-state index contributed by atoms with van der Waals surface area (Å²) in [4.78, 5) is 22.0. The van der Waals surface area contributed by atoms with Crippen molar-refractivity contribution >= 4 is 11.9 Å². The zero-order valence-electron chi connectivity index (χ0n) is 8.19. The maximum absolute atomic E-state index is 11.2. The van der Waals surface area contributed by atoms with Crippen LogP contribution in [0.4, 0.5) is 0 Å². The van der Waals surface area contributed by atoms with Crippen LogP contribution in [0.1, 0.15) is 26.2 Å². The van der Waals surface area contributed by atoms with Gasteiger partial charge in [-0.1, -0.05) is 6.42 Å². The Morgan fingerprint density at radius 3 is 2.64 bits per heavy atom. The van der Waals surface area contributed by atoms with E-state index < -0.39 is 17.9 Å². The summed E-state index contributed by atoms with van der Waals surface area (Å²) in [6.07, 6.45) is 2.22. The Morgan fingerprint density at radius 2 is 2.14 bits per heavy atom. The monoisotopic (exact) mass is 200 g/mol. The molecule has 3 atom stereocenters. The molecular weight excluding hydrogens is 184 g/mol. The highest BCUT2D eigenvalue weighted by atomic mass is 16.4. The van der Waals surface area contributed by atoms with Gasteiger partial charge in [0.25, 0.3) is 0 Å². The summed E-state index contributed by atoms with van der Waals surface area (Å²) in [5.41, 5.74) is 5.38. The molecule has 5 nitrogen and oxygen atoms in total. The minimum absolute atomic E-state index is 0.244. The van der Waals surface area contributed by atoms with Gasteiger partial charge in [0.2, 0.25) is 5.91 Å². The Morgan fingerprint density at radius 1 is 1.50 bits per heavy atom. The standard InChI is InChI=1S/C9H16N2O3/c1-5(10)8(12)11-7-4-2-3-6(7)9(13)14/h5-7H,2-4,10H2,1H3,(H,11,12)(H,13,14)/t5?,6-,7+/m1/s1. The highest BCUT2D eigenvalue weighted by molar-refractivity contribution is 5.82. The third kappa shape index (κ3) is 2.45. The first kappa shape index (κ1) is 11.0. The van der Waals surface area contributed by atoms with Crippen molar-refractivity contribution in [2.75, 3.05) is 0 Å². The molecule has 80 valence electrons. The number of hydrogen-bond donors (Lipinski definition) is 3. The molecule has 1 rings (SSSR count). The molecule has 1 saturated carbocycles. The van der Waals surface area contributed by atoms with Crippen LogP contribution in [0.25, 0.3) is 0 Å². The highest BCUT2D eigenvalue weighted by Gasteiger charge is 2.34. The average Bonchev–Trinajstić information content (AvgIpc) is 2.52. The van der Waals surface area contributed by atoms with E-state index in [1.807, 2.05) is 0 Å². The van der Waals surface area contributed by atoms with E-state index in [2.05, 4.69) is 5.32 Å². The molecule has 0 radical (unpaired) electrons. The first-order valence-corrected chi connectivity index (χ1v) is 4.81. The van der Waals surface area contributed by atoms with E-state index in [0.29, 0.717) is 6.42 Å². The lowest BCUT2D eigenvalue weighted by molar-refractivity contribution is -0.142. The molecule has 0 spiro atoms. The number of rotatable bonds is 3. The molecular formula is C9H16N2O3. The van der Waals surface area contributed by atoms with Gasteiger partial charge in [0.1, 0.15) is 0 Å². The molecule has 1 aliphatic rings. The zero-order valence-corrected chi connectivity index (χ0v) is 8.19. The Kier molecular flexibility index (Phi) is 3.46. The molecule has 0 bridgehead atoms. The van der Waals surface area contributed by atoms with E-state index in [-0.39, 0.29) is 11.9 Å². The number of hydrogen-bond acceptors (Lipinski definition) is 3. The van der Waals surface area contributed by atoms with Gasteiger partial charge in [0, 0.05) is 6.04 Å². The average molecular weight is 200 g/mol. The molecule has 0 aromatic rings. The van der Waals surface area contributed by atoms with Gasteiger partial charge < -0.3 is 16.2 Å². The summed E-state index contributed by atoms with van der Waals surface area (Å²) in [6, 6.07) is -0.823. The largest absolute Gasteiger partial charge is 0.481 e. The molecule has 1 amide bonds. The second kappa shape index (κ2) is 4.41. The third-order valence-corrected chi connectivity index (χ3v) is 2.57. The number of aliphatic carboxylic acids is 1. The van der Waals surface area contributed by atoms with Gasteiger partial charge in [0.05, 0.1) is 12.0 Å². The van der Waals surface area contributed by atoms with Crippen LogP contribution in [0.5, 0.6) is 0 Å². The number of carboxylic acids is 1. The fraction of sp³-hybridized carbons (Fsp3) is 0.778. The molecule has 4 N–H and O–H groups in total. The summed E-state index contributed by atoms with van der Waals surface area (Å²) in [5.74, 6) is -1.56. The third-order valence-electron chi connectivity index (χ3n) is 2.57. The Bertz CT molecular complexity index is 240. The molecule has 0 saturated heterocycles. The van der Waals surface area contributed by atoms with Gasteiger partial charge in [-0.15, -0.1) is 0 Å². The van der Waals surface area contributed by atoms with Crippen LogP contribution in [-0.4, -0.2) is 29.1 Å². The smallest absolute Gasteiger partial charge is 0.308 e. The maximum atomic E-state index is 11.2. The van der Waals surface area contributed by atoms with Crippen molar-refractivity contribution < 1.29 is 14.7 Å². The van der Waals surface area contributed by atoms with Crippen LogP contribution in [0.3, 0.4) is 0 Å². The molecule has 5 heteroatoms. The minimum atomic E-state index is -0.836. The lowest BCUT2D eigenvalue weighted by Crippen LogP contribution is -2.46. The topological polar surface area (TPSA) is 92.4 Å². The van der Waals surface area contributed by atoms with Gasteiger partial charge in [-0.2, -0.15) is 0 Å². The highest BCUT2D eigenvalue weighted by Crippen LogP contribution is 2.25. The van der Waals surface area contributed by atoms with E-state index in [4.69, 9.17) is 10.8 Å². The van der Waals surface area contributed by atoms with Crippen molar-refractivity contribution in [1.29, 1.82) is 0 Å². The summed E-state index contributed by atoms with van der Waals surface area (Å²) in [7, 11) is 0. The number of carboxylic acid groups (broad SMARTS) is 1. The number of nitrogens with one attached hydrogen (secondary N) is 1. The molecule has 1 aliphatic carbocycles. The second-order valence-corrected chi connectivity index (χ2v) is 3.78. The SMILES string of the molecule is CC(N)C(=O)N[C@H]1CCC[C@H]1C(=O)O. The summed E-state index contributed by atoms with van der Waals surface area (Å²) < 4.78 is 0. The predicted octanol–water partition coefficient (Wildman–Crippen LogP) is -0.297. The molecule has 0 aliphatic heterocycles. The molecule has 0 aromatic heterocycles. The van der Waals surface area contributed by atoms with Crippen LogP contribution in [0.2, 0.25) is 0 Å². The van der Waals surface area contributed by atoms with Crippen molar-refractivity contribution in [2.24, 2.45) is 11.7 Å². The van der Waals surface area contributed by atoms with Crippen molar-refractivity contribution in [3.8, 4) is 0 Å². The molecule has 0 heterocycles. The number of nitrogens with two attached hydrogens (primary N) is 1. The fourth-order valence-corrected chi connectivity index (χ4v) is 1.74. The van der Waals surface area contributed by atoms with Crippen LogP contribution in [0, 0.1) is 5.92 Å². The molecule has 1 unspecified atom stereocenters. The maximum Gasteiger partial charge on any atom is 0.308 e. The van der Waals surface area contributed by atoms with E-state index in [1.165, 1.54) is 0 Å². The quantitative estimate of drug-likeness (QED) is 0.583. The summed E-state index contributed by atoms with van der Waals surface area (Å²) in [6.45, 7) is 1.58. The molecule has 1 fully saturated rings. The van der Waals surface area contributed by atoms with Crippen molar-refractivity contribution in [1.82, 2.24) is 5.32 Å². The fourth-order valence-electron chi connectivity index (χ4n) is 1.74. The number of amides is 1. The molecule has 14 heavy (non-hydrogen) atoms. The van der Waals surface area contributed by atoms with Crippen molar-refractivity contribution in [2.45, 2.75) is 38.3 Å². The van der Waals surface area contributed by atoms with Crippen molar-refractivity contribution in [3.63, 3.8) is 0 Å². The Labute approximate surface area is 82.7 Å². The van der Waals surface area contributed by atoms with Crippen LogP contribution in [-0.2, 0) is 9.59 Å². The lowest BCUT2D eigenvalue weighted by atomic mass is 10.0. The predicted molar refractivity (Wildman–Crippen MR) is 50.6 cm³/mol. The zero-order chi connectivity index (χ0) is 10.7. The van der Waals surface area contributed by atoms with Gasteiger partial charge in [-0.3, -0.25) is 9.59 Å². The molecule has 0 aromatic carbocycles.